The Morgan fingerprint density at radius 1 is 0.276 bits per heavy atom. The predicted octanol–water partition coefficient (Wildman–Crippen LogP) is 20.0. The summed E-state index contributed by atoms with van der Waals surface area (Å²) in [4.78, 5) is 41.0. The van der Waals surface area contributed by atoms with Crippen molar-refractivity contribution in [3.05, 3.63) is 95.1 Å². The zero-order valence-corrected chi connectivity index (χ0v) is 47.2. The zero-order valence-electron chi connectivity index (χ0n) is 47.2. The number of benzene rings is 4. The summed E-state index contributed by atoms with van der Waals surface area (Å²) in [7, 11) is 0. The molecule has 0 saturated heterocycles. The molecule has 9 rings (SSSR count). The molecule has 8 bridgehead atoms. The summed E-state index contributed by atoms with van der Waals surface area (Å²) in [5, 5.41) is 4.39. The molecule has 8 nitrogen and oxygen atoms in total. The topological polar surface area (TPSA) is 109 Å². The number of H-pyrrole nitrogens is 2. The third kappa shape index (κ3) is 13.7. The van der Waals surface area contributed by atoms with E-state index in [1.807, 2.05) is 0 Å². The molecule has 0 amide bonds. The number of rotatable bonds is 32. The van der Waals surface area contributed by atoms with Crippen LogP contribution in [0, 0.1) is 0 Å². The number of hydrogen-bond donors (Lipinski definition) is 2. The Morgan fingerprint density at radius 3 is 0.921 bits per heavy atom. The highest BCUT2D eigenvalue weighted by atomic mass is 15.1. The number of nitrogens with one attached hydrogen (secondary N) is 2. The fourth-order valence-corrected chi connectivity index (χ4v) is 12.2. The van der Waals surface area contributed by atoms with Gasteiger partial charge in [0, 0.05) is 43.8 Å². The van der Waals surface area contributed by atoms with Gasteiger partial charge in [0.2, 0.25) is 0 Å². The maximum Gasteiger partial charge on any atom is 0.165 e. The number of nitrogens with zero attached hydrogens (tertiary/aromatic N) is 6. The lowest BCUT2D eigenvalue weighted by Gasteiger charge is -2.08. The standard InChI is InChI=1S/C68H90N8/c1-5-9-13-17-21-25-29-37-49-41-33-45-53-57(49)65-69-61(53)74-66-59-51(39-31-27-23-19-15-11-7-3)43-35-47-55(59)63(71-66)76-68-60-52(40-32-28-24-20-16-12-8-4)44-36-48-56(60)64(72-68)75-67-58-50(38-30-26-22-18-14-10-6-2)42-34-46-54(58)62(70-67)73-65/h33-36,41-48H,5-32,37-40H2,1-4H3,(H2,69,70,71,72,73,74,75,76). The summed E-state index contributed by atoms with van der Waals surface area (Å²) in [5.74, 6) is 2.81. The summed E-state index contributed by atoms with van der Waals surface area (Å²) in [6.45, 7) is 9.18. The van der Waals surface area contributed by atoms with Gasteiger partial charge in [0.1, 0.15) is 22.6 Å². The first-order valence-corrected chi connectivity index (χ1v) is 30.9. The monoisotopic (exact) mass is 1020 g/mol. The van der Waals surface area contributed by atoms with Gasteiger partial charge < -0.3 is 9.97 Å². The fraction of sp³-hybridized carbons (Fsp3) is 0.529. The van der Waals surface area contributed by atoms with E-state index in [1.165, 1.54) is 176 Å². The lowest BCUT2D eigenvalue weighted by atomic mass is 9.96. The van der Waals surface area contributed by atoms with Crippen molar-refractivity contribution in [2.75, 3.05) is 0 Å². The normalized spacial score (nSPS) is 12.1. The van der Waals surface area contributed by atoms with E-state index in [2.05, 4.69) is 110 Å². The van der Waals surface area contributed by atoms with Gasteiger partial charge in [0.05, 0.1) is 0 Å². The Kier molecular flexibility index (Phi) is 20.7. The van der Waals surface area contributed by atoms with Crippen LogP contribution in [0.3, 0.4) is 0 Å². The third-order valence-electron chi connectivity index (χ3n) is 16.5. The molecule has 402 valence electrons. The van der Waals surface area contributed by atoms with Gasteiger partial charge in [-0.1, -0.05) is 255 Å². The van der Waals surface area contributed by atoms with Crippen molar-refractivity contribution in [1.29, 1.82) is 0 Å². The van der Waals surface area contributed by atoms with E-state index in [0.717, 1.165) is 118 Å². The molecule has 0 fully saturated rings. The van der Waals surface area contributed by atoms with Crippen LogP contribution >= 0.6 is 0 Å². The Hall–Kier alpha value is -5.76. The van der Waals surface area contributed by atoms with Crippen molar-refractivity contribution in [2.24, 2.45) is 0 Å². The highest BCUT2D eigenvalue weighted by Crippen LogP contribution is 2.41. The molecule has 0 saturated carbocycles. The first kappa shape index (κ1) is 55.0. The van der Waals surface area contributed by atoms with E-state index in [4.69, 9.17) is 29.9 Å². The molecule has 0 radical (unpaired) electrons. The molecule has 0 atom stereocenters. The summed E-state index contributed by atoms with van der Waals surface area (Å²) in [6, 6.07) is 26.9. The summed E-state index contributed by atoms with van der Waals surface area (Å²) < 4.78 is 0. The first-order chi connectivity index (χ1) is 37.6. The molecule has 4 aromatic carbocycles. The van der Waals surface area contributed by atoms with E-state index in [0.29, 0.717) is 23.3 Å². The second kappa shape index (κ2) is 28.6. The van der Waals surface area contributed by atoms with Gasteiger partial charge in [0.15, 0.2) is 23.3 Å². The highest BCUT2D eigenvalue weighted by Gasteiger charge is 2.26. The lowest BCUT2D eigenvalue weighted by Crippen LogP contribution is -1.93. The van der Waals surface area contributed by atoms with Crippen molar-refractivity contribution >= 4 is 44.1 Å². The minimum Gasteiger partial charge on any atom is -0.324 e. The maximum atomic E-state index is 5.61. The molecule has 0 unspecified atom stereocenters. The number of fused-ring (bicyclic) bond motifs is 20. The molecular weight excluding hydrogens is 929 g/mol. The second-order valence-corrected chi connectivity index (χ2v) is 22.5. The fourth-order valence-electron chi connectivity index (χ4n) is 12.2. The van der Waals surface area contributed by atoms with Crippen molar-refractivity contribution in [3.63, 3.8) is 0 Å². The van der Waals surface area contributed by atoms with Gasteiger partial charge in [-0.2, -0.15) is 0 Å². The zero-order chi connectivity index (χ0) is 52.3. The van der Waals surface area contributed by atoms with Gasteiger partial charge in [-0.15, -0.1) is 0 Å². The van der Waals surface area contributed by atoms with Crippen LogP contribution in [0.5, 0.6) is 0 Å². The van der Waals surface area contributed by atoms with E-state index < -0.39 is 0 Å². The smallest absolute Gasteiger partial charge is 0.165 e. The first-order valence-electron chi connectivity index (χ1n) is 30.9. The van der Waals surface area contributed by atoms with Gasteiger partial charge in [-0.25, -0.2) is 29.9 Å². The Bertz CT molecular complexity index is 2930. The molecule has 0 aliphatic carbocycles. The molecule has 2 aliphatic heterocycles. The quantitative estimate of drug-likeness (QED) is 0.0407. The minimum atomic E-state index is 0.694. The van der Waals surface area contributed by atoms with Crippen LogP contribution in [-0.4, -0.2) is 39.9 Å². The lowest BCUT2D eigenvalue weighted by molar-refractivity contribution is 0.589. The average molecular weight is 1020 g/mol. The van der Waals surface area contributed by atoms with Crippen LogP contribution < -0.4 is 0 Å². The second-order valence-electron chi connectivity index (χ2n) is 22.5. The highest BCUT2D eigenvalue weighted by molar-refractivity contribution is 6.08. The van der Waals surface area contributed by atoms with Crippen molar-refractivity contribution in [2.45, 2.75) is 233 Å². The minimum absolute atomic E-state index is 0.694. The summed E-state index contributed by atoms with van der Waals surface area (Å²) >= 11 is 0. The molecule has 3 aromatic heterocycles. The van der Waals surface area contributed by atoms with Gasteiger partial charge in [0.25, 0.3) is 0 Å². The number of aromatic amines is 2. The molecule has 76 heavy (non-hydrogen) atoms. The van der Waals surface area contributed by atoms with Crippen LogP contribution in [0.15, 0.2) is 72.8 Å². The van der Waals surface area contributed by atoms with Crippen LogP contribution in [-0.2, 0) is 25.7 Å². The average Bonchev–Trinajstić information content (AvgIpc) is 4.19. The van der Waals surface area contributed by atoms with E-state index >= 15 is 0 Å². The number of hydrogen-bond acceptors (Lipinski definition) is 6. The molecule has 7 aromatic rings. The summed E-state index contributed by atoms with van der Waals surface area (Å²) in [5.41, 5.74) is 12.6. The number of aryl methyl sites for hydroxylation is 4. The van der Waals surface area contributed by atoms with Gasteiger partial charge >= 0.3 is 0 Å². The summed E-state index contributed by atoms with van der Waals surface area (Å²) in [6.07, 6.45) is 39.4. The van der Waals surface area contributed by atoms with E-state index in [1.54, 1.807) is 0 Å². The third-order valence-corrected chi connectivity index (χ3v) is 16.5. The number of aromatic nitrogens is 8. The van der Waals surface area contributed by atoms with Crippen LogP contribution in [0.2, 0.25) is 0 Å². The molecule has 8 heteroatoms. The van der Waals surface area contributed by atoms with Crippen LogP contribution in [0.4, 0.5) is 0 Å². The molecule has 2 aliphatic rings. The van der Waals surface area contributed by atoms with Crippen molar-refractivity contribution in [3.8, 4) is 45.6 Å². The Morgan fingerprint density at radius 2 is 0.566 bits per heavy atom. The van der Waals surface area contributed by atoms with Crippen LogP contribution in [0.25, 0.3) is 89.7 Å². The Labute approximate surface area is 455 Å². The number of unbranched alkanes of at least 4 members (excludes halogenated alkanes) is 24. The van der Waals surface area contributed by atoms with E-state index in [-0.39, 0.29) is 0 Å². The maximum absolute atomic E-state index is 5.61. The van der Waals surface area contributed by atoms with E-state index in [9.17, 15) is 0 Å². The molecule has 2 N–H and O–H groups in total. The van der Waals surface area contributed by atoms with Crippen molar-refractivity contribution in [1.82, 2.24) is 39.9 Å². The van der Waals surface area contributed by atoms with Crippen molar-refractivity contribution < 1.29 is 0 Å². The predicted molar refractivity (Wildman–Crippen MR) is 323 cm³/mol. The molecule has 5 heterocycles. The Balaban J connectivity index is 1.23. The van der Waals surface area contributed by atoms with Crippen LogP contribution in [0.1, 0.15) is 230 Å². The SMILES string of the molecule is CCCCCCCCCc1cccc2c1-c1nc-2nc2[nH]c(nc3nc(nc4[nH]c(n1)c1cccc(CCCCCCCCC)c41)-c1cccc(CCCCCCCCC)c1-3)c1cccc(CCCCCCCCC)c21. The van der Waals surface area contributed by atoms with Gasteiger partial charge in [-0.3, -0.25) is 0 Å². The largest absolute Gasteiger partial charge is 0.324 e. The molecular formula is C68H90N8. The van der Waals surface area contributed by atoms with Gasteiger partial charge in [-0.05, 0) is 73.6 Å². The molecule has 0 spiro atoms.